The molecule has 0 amide bonds. The van der Waals surface area contributed by atoms with E-state index in [1.807, 2.05) is 0 Å². The van der Waals surface area contributed by atoms with Crippen molar-refractivity contribution in [2.75, 3.05) is 0 Å². The molecule has 0 saturated heterocycles. The second kappa shape index (κ2) is 3.97. The van der Waals surface area contributed by atoms with Gasteiger partial charge in [-0.15, -0.1) is 0 Å². The molecule has 0 aromatic rings. The second-order valence-electron chi connectivity index (χ2n) is 3.49. The largest absolute Gasteiger partial charge is 0.325 e. The van der Waals surface area contributed by atoms with Crippen LogP contribution in [0.1, 0.15) is 47.0 Å². The van der Waals surface area contributed by atoms with Crippen LogP contribution in [0.2, 0.25) is 0 Å². The molecule has 0 aliphatic carbocycles. The van der Waals surface area contributed by atoms with Gasteiger partial charge in [0.2, 0.25) is 0 Å². The average molecular weight is 143 g/mol. The maximum atomic E-state index is 6.15. The van der Waals surface area contributed by atoms with E-state index in [4.69, 9.17) is 5.73 Å². The van der Waals surface area contributed by atoms with Gasteiger partial charge in [0, 0.05) is 5.54 Å². The highest BCUT2D eigenvalue weighted by atomic mass is 14.7. The Morgan fingerprint density at radius 3 is 1.90 bits per heavy atom. The Morgan fingerprint density at radius 2 is 1.80 bits per heavy atom. The zero-order valence-electron chi connectivity index (χ0n) is 7.78. The molecule has 0 rings (SSSR count). The van der Waals surface area contributed by atoms with Gasteiger partial charge in [-0.05, 0) is 18.8 Å². The van der Waals surface area contributed by atoms with Gasteiger partial charge in [-0.1, -0.05) is 34.1 Å². The van der Waals surface area contributed by atoms with Crippen molar-refractivity contribution in [3.8, 4) is 0 Å². The second-order valence-corrected chi connectivity index (χ2v) is 3.49. The van der Waals surface area contributed by atoms with Crippen molar-refractivity contribution in [2.24, 2.45) is 11.7 Å². The Balaban J connectivity index is 3.94. The number of rotatable bonds is 4. The molecular weight excluding hydrogens is 122 g/mol. The van der Waals surface area contributed by atoms with Gasteiger partial charge in [-0.3, -0.25) is 0 Å². The van der Waals surface area contributed by atoms with Gasteiger partial charge in [-0.2, -0.15) is 0 Å². The summed E-state index contributed by atoms with van der Waals surface area (Å²) in [7, 11) is 0. The number of nitrogens with two attached hydrogens (primary N) is 1. The molecule has 0 radical (unpaired) electrons. The van der Waals surface area contributed by atoms with Crippen LogP contribution in [0.15, 0.2) is 0 Å². The smallest absolute Gasteiger partial charge is 0.0174 e. The lowest BCUT2D eigenvalue weighted by Crippen LogP contribution is -2.44. The van der Waals surface area contributed by atoms with Crippen molar-refractivity contribution in [1.29, 1.82) is 0 Å². The molecule has 0 aliphatic rings. The summed E-state index contributed by atoms with van der Waals surface area (Å²) in [5, 5.41) is 0. The summed E-state index contributed by atoms with van der Waals surface area (Å²) < 4.78 is 0. The highest BCUT2D eigenvalue weighted by Crippen LogP contribution is 2.22. The summed E-state index contributed by atoms with van der Waals surface area (Å²) in [6.07, 6.45) is 3.45. The fourth-order valence-electron chi connectivity index (χ4n) is 1.34. The molecule has 0 aromatic carbocycles. The van der Waals surface area contributed by atoms with Crippen molar-refractivity contribution >= 4 is 0 Å². The summed E-state index contributed by atoms with van der Waals surface area (Å²) in [4.78, 5) is 0. The Kier molecular flexibility index (Phi) is 3.95. The van der Waals surface area contributed by atoms with E-state index in [0.717, 1.165) is 12.8 Å². The quantitative estimate of drug-likeness (QED) is 0.643. The first-order valence-electron chi connectivity index (χ1n) is 4.35. The molecule has 0 heterocycles. The first-order valence-corrected chi connectivity index (χ1v) is 4.35. The molecule has 0 aromatic heterocycles. The van der Waals surface area contributed by atoms with Crippen LogP contribution in [0.5, 0.6) is 0 Å². The molecule has 2 N–H and O–H groups in total. The third kappa shape index (κ3) is 2.30. The normalized spacial score (nSPS) is 17.4. The third-order valence-corrected chi connectivity index (χ3v) is 2.52. The van der Waals surface area contributed by atoms with Crippen molar-refractivity contribution < 1.29 is 0 Å². The molecule has 0 saturated carbocycles. The minimum absolute atomic E-state index is 0.0920. The molecule has 1 unspecified atom stereocenters. The molecule has 10 heavy (non-hydrogen) atoms. The fraction of sp³-hybridized carbons (Fsp3) is 1.00. The standard InChI is InChI=1S/C9H21N/c1-5-7-9(10,6-2)8(3)4/h8H,5-7,10H2,1-4H3. The van der Waals surface area contributed by atoms with E-state index in [2.05, 4.69) is 27.7 Å². The lowest BCUT2D eigenvalue weighted by molar-refractivity contribution is 0.275. The summed E-state index contributed by atoms with van der Waals surface area (Å²) in [5.41, 5.74) is 6.24. The predicted molar refractivity (Wildman–Crippen MR) is 47.0 cm³/mol. The molecule has 0 aliphatic heterocycles. The zero-order valence-corrected chi connectivity index (χ0v) is 7.78. The molecule has 0 fully saturated rings. The zero-order chi connectivity index (χ0) is 8.20. The van der Waals surface area contributed by atoms with Crippen molar-refractivity contribution in [2.45, 2.75) is 52.5 Å². The molecule has 0 spiro atoms. The topological polar surface area (TPSA) is 26.0 Å². The highest BCUT2D eigenvalue weighted by Gasteiger charge is 2.24. The van der Waals surface area contributed by atoms with Crippen LogP contribution < -0.4 is 5.73 Å². The van der Waals surface area contributed by atoms with Crippen LogP contribution in [-0.2, 0) is 0 Å². The summed E-state index contributed by atoms with van der Waals surface area (Å²) in [6, 6.07) is 0. The van der Waals surface area contributed by atoms with Crippen molar-refractivity contribution in [3.05, 3.63) is 0 Å². The first-order chi connectivity index (χ1) is 4.56. The SMILES string of the molecule is CCCC(N)(CC)C(C)C. The maximum Gasteiger partial charge on any atom is 0.0174 e. The van der Waals surface area contributed by atoms with E-state index in [0.29, 0.717) is 5.92 Å². The number of hydrogen-bond acceptors (Lipinski definition) is 1. The van der Waals surface area contributed by atoms with Crippen molar-refractivity contribution in [1.82, 2.24) is 0 Å². The van der Waals surface area contributed by atoms with Gasteiger partial charge in [-0.25, -0.2) is 0 Å². The molecule has 1 atom stereocenters. The van der Waals surface area contributed by atoms with E-state index >= 15 is 0 Å². The van der Waals surface area contributed by atoms with E-state index < -0.39 is 0 Å². The molecule has 1 heteroatoms. The van der Waals surface area contributed by atoms with Gasteiger partial charge in [0.15, 0.2) is 0 Å². The van der Waals surface area contributed by atoms with Gasteiger partial charge < -0.3 is 5.73 Å². The fourth-order valence-corrected chi connectivity index (χ4v) is 1.34. The Hall–Kier alpha value is -0.0400. The van der Waals surface area contributed by atoms with Crippen LogP contribution in [0.3, 0.4) is 0 Å². The maximum absolute atomic E-state index is 6.15. The summed E-state index contributed by atoms with van der Waals surface area (Å²) >= 11 is 0. The van der Waals surface area contributed by atoms with Crippen LogP contribution in [0, 0.1) is 5.92 Å². The van der Waals surface area contributed by atoms with Gasteiger partial charge >= 0.3 is 0 Å². The monoisotopic (exact) mass is 143 g/mol. The first kappa shape index (κ1) is 9.96. The van der Waals surface area contributed by atoms with Crippen LogP contribution in [0.25, 0.3) is 0 Å². The van der Waals surface area contributed by atoms with E-state index in [-0.39, 0.29) is 5.54 Å². The Morgan fingerprint density at radius 1 is 1.30 bits per heavy atom. The van der Waals surface area contributed by atoms with Gasteiger partial charge in [0.1, 0.15) is 0 Å². The minimum Gasteiger partial charge on any atom is -0.325 e. The Labute approximate surface area is 65.0 Å². The van der Waals surface area contributed by atoms with E-state index in [1.54, 1.807) is 0 Å². The highest BCUT2D eigenvalue weighted by molar-refractivity contribution is 4.84. The van der Waals surface area contributed by atoms with E-state index in [1.165, 1.54) is 6.42 Å². The van der Waals surface area contributed by atoms with Crippen LogP contribution >= 0.6 is 0 Å². The average Bonchev–Trinajstić information content (AvgIpc) is 1.88. The predicted octanol–water partition coefficient (Wildman–Crippen LogP) is 2.55. The Bertz CT molecular complexity index is 88.7. The molecule has 0 bridgehead atoms. The molecular formula is C9H21N. The number of hydrogen-bond donors (Lipinski definition) is 1. The molecule has 62 valence electrons. The van der Waals surface area contributed by atoms with Gasteiger partial charge in [0.25, 0.3) is 0 Å². The van der Waals surface area contributed by atoms with Gasteiger partial charge in [0.05, 0.1) is 0 Å². The molecule has 1 nitrogen and oxygen atoms in total. The summed E-state index contributed by atoms with van der Waals surface area (Å²) in [5.74, 6) is 0.609. The minimum atomic E-state index is 0.0920. The lowest BCUT2D eigenvalue weighted by Gasteiger charge is -2.32. The van der Waals surface area contributed by atoms with Crippen LogP contribution in [-0.4, -0.2) is 5.54 Å². The van der Waals surface area contributed by atoms with Crippen molar-refractivity contribution in [3.63, 3.8) is 0 Å². The van der Waals surface area contributed by atoms with E-state index in [9.17, 15) is 0 Å². The lowest BCUT2D eigenvalue weighted by atomic mass is 9.81. The third-order valence-electron chi connectivity index (χ3n) is 2.52. The summed E-state index contributed by atoms with van der Waals surface area (Å²) in [6.45, 7) is 8.79. The van der Waals surface area contributed by atoms with Crippen LogP contribution in [0.4, 0.5) is 0 Å².